The summed E-state index contributed by atoms with van der Waals surface area (Å²) < 4.78 is 5.57. The number of piperidine rings is 1. The molecule has 1 heterocycles. The maximum absolute atomic E-state index is 12.5. The summed E-state index contributed by atoms with van der Waals surface area (Å²) in [5, 5.41) is 15.0. The zero-order valence-electron chi connectivity index (χ0n) is 14.9. The molecule has 9 heteroatoms. The van der Waals surface area contributed by atoms with Gasteiger partial charge in [0.15, 0.2) is 5.11 Å². The molecule has 0 aromatic heterocycles. The Morgan fingerprint density at radius 2 is 1.82 bits per heavy atom. The lowest BCUT2D eigenvalue weighted by atomic mass is 10.1. The average Bonchev–Trinajstić information content (AvgIpc) is 2.70. The van der Waals surface area contributed by atoms with Crippen molar-refractivity contribution in [2.75, 3.05) is 13.1 Å². The first-order valence-electron chi connectivity index (χ1n) is 8.76. The van der Waals surface area contributed by atoms with Crippen molar-refractivity contribution >= 4 is 40.5 Å². The van der Waals surface area contributed by atoms with Crippen LogP contribution in [0.15, 0.2) is 42.5 Å². The van der Waals surface area contributed by atoms with Gasteiger partial charge in [-0.1, -0.05) is 11.6 Å². The summed E-state index contributed by atoms with van der Waals surface area (Å²) in [7, 11) is 0. The van der Waals surface area contributed by atoms with E-state index in [0.717, 1.165) is 32.4 Å². The van der Waals surface area contributed by atoms with Gasteiger partial charge in [0.1, 0.15) is 5.75 Å². The van der Waals surface area contributed by atoms with Gasteiger partial charge in [0, 0.05) is 29.7 Å². The van der Waals surface area contributed by atoms with Crippen LogP contribution in [0.25, 0.3) is 0 Å². The molecule has 28 heavy (non-hydrogen) atoms. The first-order valence-corrected chi connectivity index (χ1v) is 9.55. The van der Waals surface area contributed by atoms with Gasteiger partial charge in [0.25, 0.3) is 5.91 Å². The number of halogens is 1. The lowest BCUT2D eigenvalue weighted by Gasteiger charge is -2.28. The maximum atomic E-state index is 12.5. The molecule has 1 amide bonds. The van der Waals surface area contributed by atoms with Gasteiger partial charge in [-0.2, -0.15) is 0 Å². The molecule has 1 aliphatic rings. The number of amides is 1. The van der Waals surface area contributed by atoms with E-state index >= 15 is 0 Å². The first kappa shape index (κ1) is 20.0. The van der Waals surface area contributed by atoms with Crippen molar-refractivity contribution in [2.24, 2.45) is 0 Å². The zero-order valence-corrected chi connectivity index (χ0v) is 16.5. The normalized spacial score (nSPS) is 13.7. The number of carbonyl (C=O) groups excluding carboxylic acids is 1. The molecule has 146 valence electrons. The molecule has 1 aliphatic heterocycles. The van der Waals surface area contributed by atoms with Crippen LogP contribution in [0.2, 0.25) is 5.02 Å². The van der Waals surface area contributed by atoms with Crippen LogP contribution in [0, 0.1) is 10.1 Å². The highest BCUT2D eigenvalue weighted by Gasteiger charge is 2.21. The highest BCUT2D eigenvalue weighted by Crippen LogP contribution is 2.32. The molecule has 0 spiro atoms. The Morgan fingerprint density at radius 1 is 1.14 bits per heavy atom. The molecule has 1 saturated heterocycles. The van der Waals surface area contributed by atoms with E-state index in [-0.39, 0.29) is 17.0 Å². The van der Waals surface area contributed by atoms with E-state index < -0.39 is 10.8 Å². The number of hydrogen-bond donors (Lipinski definition) is 1. The van der Waals surface area contributed by atoms with Gasteiger partial charge in [0.05, 0.1) is 4.92 Å². The molecule has 1 N–H and O–H groups in total. The summed E-state index contributed by atoms with van der Waals surface area (Å²) in [6.45, 7) is 1.60. The molecule has 2 aromatic rings. The number of hydrogen-bond acceptors (Lipinski definition) is 5. The van der Waals surface area contributed by atoms with Crippen LogP contribution in [0.4, 0.5) is 5.69 Å². The molecular formula is C19H18ClN3O4S. The molecule has 3 rings (SSSR count). The van der Waals surface area contributed by atoms with Gasteiger partial charge >= 0.3 is 5.69 Å². The lowest BCUT2D eigenvalue weighted by Crippen LogP contribution is -2.44. The van der Waals surface area contributed by atoms with Crippen LogP contribution < -0.4 is 10.1 Å². The molecule has 7 nitrogen and oxygen atoms in total. The minimum atomic E-state index is -0.592. The summed E-state index contributed by atoms with van der Waals surface area (Å²) in [5.41, 5.74) is -0.180. The number of nitro groups is 1. The molecule has 0 unspecified atom stereocenters. The molecule has 0 saturated carbocycles. The van der Waals surface area contributed by atoms with Crippen molar-refractivity contribution in [1.82, 2.24) is 10.2 Å². The van der Waals surface area contributed by atoms with E-state index in [4.69, 9.17) is 28.6 Å². The number of ether oxygens (including phenoxy) is 1. The molecule has 0 aliphatic carbocycles. The van der Waals surface area contributed by atoms with Crippen LogP contribution >= 0.6 is 23.8 Å². The summed E-state index contributed by atoms with van der Waals surface area (Å²) in [5.74, 6) is -0.0600. The van der Waals surface area contributed by atoms with Gasteiger partial charge in [-0.05, 0) is 67.9 Å². The Balaban J connectivity index is 1.75. The van der Waals surface area contributed by atoms with Crippen molar-refractivity contribution in [1.29, 1.82) is 0 Å². The smallest absolute Gasteiger partial charge is 0.312 e. The van der Waals surface area contributed by atoms with Crippen molar-refractivity contribution in [2.45, 2.75) is 19.3 Å². The van der Waals surface area contributed by atoms with Gasteiger partial charge < -0.3 is 9.64 Å². The second kappa shape index (κ2) is 8.99. The van der Waals surface area contributed by atoms with E-state index in [0.29, 0.717) is 15.9 Å². The Morgan fingerprint density at radius 3 is 2.46 bits per heavy atom. The van der Waals surface area contributed by atoms with Crippen molar-refractivity contribution in [3.8, 4) is 11.5 Å². The summed E-state index contributed by atoms with van der Waals surface area (Å²) >= 11 is 11.1. The fraction of sp³-hybridized carbons (Fsp3) is 0.263. The predicted molar refractivity (Wildman–Crippen MR) is 110 cm³/mol. The third-order valence-electron chi connectivity index (χ3n) is 4.32. The van der Waals surface area contributed by atoms with Gasteiger partial charge in [-0.3, -0.25) is 20.2 Å². The Hall–Kier alpha value is -2.71. The quantitative estimate of drug-likeness (QED) is 0.445. The monoisotopic (exact) mass is 419 g/mol. The number of thiocarbonyl (C=S) groups is 1. The van der Waals surface area contributed by atoms with E-state index in [9.17, 15) is 14.9 Å². The Kier molecular flexibility index (Phi) is 6.43. The van der Waals surface area contributed by atoms with Crippen LogP contribution in [-0.2, 0) is 0 Å². The molecule has 1 fully saturated rings. The minimum Gasteiger partial charge on any atom is -0.450 e. The molecule has 0 atom stereocenters. The summed E-state index contributed by atoms with van der Waals surface area (Å²) in [6, 6.07) is 10.5. The standard InChI is InChI=1S/C19H18ClN3O4S/c20-14-5-7-15(8-6-14)27-17-9-4-13(12-16(17)23(25)26)18(24)21-19(28)22-10-2-1-3-11-22/h4-9,12H,1-3,10-11H2,(H,21,24,28). The fourth-order valence-electron chi connectivity index (χ4n) is 2.86. The highest BCUT2D eigenvalue weighted by molar-refractivity contribution is 7.80. The van der Waals surface area contributed by atoms with Crippen molar-refractivity contribution in [3.63, 3.8) is 0 Å². The molecule has 0 radical (unpaired) electrons. The highest BCUT2D eigenvalue weighted by atomic mass is 35.5. The number of benzene rings is 2. The average molecular weight is 420 g/mol. The number of nitro benzene ring substituents is 1. The second-order valence-corrected chi connectivity index (χ2v) is 7.13. The van der Waals surface area contributed by atoms with Crippen LogP contribution in [-0.4, -0.2) is 33.9 Å². The third-order valence-corrected chi connectivity index (χ3v) is 4.94. The van der Waals surface area contributed by atoms with E-state index in [1.807, 2.05) is 4.90 Å². The van der Waals surface area contributed by atoms with E-state index in [1.165, 1.54) is 18.2 Å². The van der Waals surface area contributed by atoms with Gasteiger partial charge in [0.2, 0.25) is 5.75 Å². The summed E-state index contributed by atoms with van der Waals surface area (Å²) in [6.07, 6.45) is 3.20. The van der Waals surface area contributed by atoms with Crippen molar-refractivity contribution < 1.29 is 14.5 Å². The molecule has 0 bridgehead atoms. The number of carbonyl (C=O) groups is 1. The second-order valence-electron chi connectivity index (χ2n) is 6.30. The van der Waals surface area contributed by atoms with E-state index in [1.54, 1.807) is 24.3 Å². The van der Waals surface area contributed by atoms with E-state index in [2.05, 4.69) is 5.32 Å². The Bertz CT molecular complexity index is 899. The largest absolute Gasteiger partial charge is 0.450 e. The number of nitrogens with zero attached hydrogens (tertiary/aromatic N) is 2. The van der Waals surface area contributed by atoms with Crippen LogP contribution in [0.5, 0.6) is 11.5 Å². The predicted octanol–water partition coefficient (Wildman–Crippen LogP) is 4.54. The first-order chi connectivity index (χ1) is 13.4. The third kappa shape index (κ3) is 4.96. The fourth-order valence-corrected chi connectivity index (χ4v) is 3.26. The Labute approximate surface area is 172 Å². The van der Waals surface area contributed by atoms with Gasteiger partial charge in [-0.15, -0.1) is 0 Å². The zero-order chi connectivity index (χ0) is 20.1. The van der Waals surface area contributed by atoms with Crippen LogP contribution in [0.1, 0.15) is 29.6 Å². The number of rotatable bonds is 4. The number of likely N-dealkylation sites (tertiary alicyclic amines) is 1. The maximum Gasteiger partial charge on any atom is 0.312 e. The van der Waals surface area contributed by atoms with Crippen molar-refractivity contribution in [3.05, 3.63) is 63.2 Å². The molecule has 2 aromatic carbocycles. The van der Waals surface area contributed by atoms with Crippen LogP contribution in [0.3, 0.4) is 0 Å². The number of nitrogens with one attached hydrogen (secondary N) is 1. The van der Waals surface area contributed by atoms with Gasteiger partial charge in [-0.25, -0.2) is 0 Å². The molecular weight excluding hydrogens is 402 g/mol. The summed E-state index contributed by atoms with van der Waals surface area (Å²) in [4.78, 5) is 25.3. The lowest BCUT2D eigenvalue weighted by molar-refractivity contribution is -0.385. The minimum absolute atomic E-state index is 0.0301. The topological polar surface area (TPSA) is 84.7 Å². The SMILES string of the molecule is O=C(NC(=S)N1CCCCC1)c1ccc(Oc2ccc(Cl)cc2)c([N+](=O)[O-])c1.